The summed E-state index contributed by atoms with van der Waals surface area (Å²) in [5.41, 5.74) is 1.74. The minimum atomic E-state index is -0.690. The highest BCUT2D eigenvalue weighted by Gasteiger charge is 2.34. The van der Waals surface area contributed by atoms with Crippen LogP contribution in [0.15, 0.2) is 38.9 Å². The van der Waals surface area contributed by atoms with Crippen LogP contribution in [-0.4, -0.2) is 61.1 Å². The second kappa shape index (κ2) is 9.87. The van der Waals surface area contributed by atoms with Crippen molar-refractivity contribution in [3.8, 4) is 0 Å². The molecule has 1 fully saturated rings. The number of ether oxygens (including phenoxy) is 2. The number of rotatable bonds is 6. The van der Waals surface area contributed by atoms with Gasteiger partial charge in [-0.3, -0.25) is 9.89 Å². The minimum Gasteiger partial charge on any atom is -0.463 e. The molecule has 1 saturated heterocycles. The Kier molecular flexibility index (Phi) is 6.97. The van der Waals surface area contributed by atoms with E-state index in [1.807, 2.05) is 0 Å². The van der Waals surface area contributed by atoms with Crippen LogP contribution in [0.5, 0.6) is 0 Å². The molecule has 3 heterocycles. The fourth-order valence-electron chi connectivity index (χ4n) is 3.48. The number of morpholine rings is 1. The molecule has 10 heteroatoms. The van der Waals surface area contributed by atoms with Gasteiger partial charge in [-0.25, -0.2) is 9.18 Å². The third-order valence-electron chi connectivity index (χ3n) is 4.92. The Labute approximate surface area is 192 Å². The van der Waals surface area contributed by atoms with E-state index in [1.165, 1.54) is 23.5 Å². The molecule has 0 radical (unpaired) electrons. The van der Waals surface area contributed by atoms with Crippen LogP contribution in [0.1, 0.15) is 23.5 Å². The molecule has 1 N–H and O–H groups in total. The highest BCUT2D eigenvalue weighted by molar-refractivity contribution is 9.10. The normalized spacial score (nSPS) is 19.5. The lowest BCUT2D eigenvalue weighted by Crippen LogP contribution is -2.43. The molecular weight excluding hydrogens is 487 g/mol. The first-order valence-electron chi connectivity index (χ1n) is 9.81. The Morgan fingerprint density at radius 1 is 1.45 bits per heavy atom. The van der Waals surface area contributed by atoms with E-state index in [0.717, 1.165) is 13.1 Å². The van der Waals surface area contributed by atoms with Crippen LogP contribution in [0, 0.1) is 17.4 Å². The summed E-state index contributed by atoms with van der Waals surface area (Å²) in [6.45, 7) is 5.24. The predicted octanol–water partition coefficient (Wildman–Crippen LogP) is 2.89. The summed E-state index contributed by atoms with van der Waals surface area (Å²) < 4.78 is 25.1. The van der Waals surface area contributed by atoms with Crippen molar-refractivity contribution >= 4 is 39.1 Å². The van der Waals surface area contributed by atoms with Crippen molar-refractivity contribution in [3.05, 3.63) is 61.9 Å². The van der Waals surface area contributed by atoms with Gasteiger partial charge in [-0.2, -0.15) is 4.98 Å². The zero-order valence-corrected chi connectivity index (χ0v) is 19.2. The van der Waals surface area contributed by atoms with Crippen LogP contribution in [0.3, 0.4) is 0 Å². The van der Waals surface area contributed by atoms with E-state index in [2.05, 4.69) is 42.7 Å². The standard InChI is InChI=1S/C21H20BrFN4O3S/c1-2-30-21(28)17-16(12-27-6-8-29-9-7-27)25-19(20-24-5-10-31-20)26-18(17)14-4-3-13(23)11-15(14)22/h3-4,11,18H,2,6-9,12H2,1H3,(H,25,26). The van der Waals surface area contributed by atoms with E-state index in [-0.39, 0.29) is 12.4 Å². The summed E-state index contributed by atoms with van der Waals surface area (Å²) in [7, 11) is 0. The van der Waals surface area contributed by atoms with Crippen LogP contribution >= 0.6 is 27.3 Å². The number of carbonyl (C=O) groups is 1. The number of carbonyl (C=O) groups excluding carboxylic acids is 1. The number of nitrogens with zero attached hydrogens (tertiary/aromatic N) is 3. The molecule has 2 aliphatic heterocycles. The van der Waals surface area contributed by atoms with Crippen molar-refractivity contribution < 1.29 is 18.7 Å². The molecule has 1 aromatic carbocycles. The van der Waals surface area contributed by atoms with Gasteiger partial charge in [-0.05, 0) is 24.6 Å². The van der Waals surface area contributed by atoms with Crippen LogP contribution in [0.25, 0.3) is 0 Å². The first kappa shape index (κ1) is 21.9. The average Bonchev–Trinajstić information content (AvgIpc) is 3.29. The maximum Gasteiger partial charge on any atom is 0.338 e. The van der Waals surface area contributed by atoms with Gasteiger partial charge in [0.1, 0.15) is 11.9 Å². The Morgan fingerprint density at radius 3 is 2.94 bits per heavy atom. The number of halogens is 2. The van der Waals surface area contributed by atoms with Gasteiger partial charge in [0.2, 0.25) is 0 Å². The fraction of sp³-hybridized carbons (Fsp3) is 0.381. The van der Waals surface area contributed by atoms with Gasteiger partial charge < -0.3 is 14.8 Å². The Balaban J connectivity index is 1.81. The summed E-state index contributed by atoms with van der Waals surface area (Å²) >= 11 is 4.70. The number of benzene rings is 1. The SMILES string of the molecule is CCOC(=O)C1=C(CN2CCOCC2)NC(c2nc#cs2)=NC1c1ccc(F)cc1Br. The molecule has 0 saturated carbocycles. The Hall–Kier alpha value is -2.32. The lowest BCUT2D eigenvalue weighted by atomic mass is 9.95. The van der Waals surface area contributed by atoms with Crippen molar-refractivity contribution in [3.63, 3.8) is 0 Å². The third kappa shape index (κ3) is 4.96. The van der Waals surface area contributed by atoms with Gasteiger partial charge in [-0.15, -0.1) is 0 Å². The molecule has 1 atom stereocenters. The molecule has 2 aromatic rings. The highest BCUT2D eigenvalue weighted by atomic mass is 79.9. The predicted molar refractivity (Wildman–Crippen MR) is 117 cm³/mol. The van der Waals surface area contributed by atoms with E-state index >= 15 is 0 Å². The molecule has 31 heavy (non-hydrogen) atoms. The van der Waals surface area contributed by atoms with E-state index < -0.39 is 12.0 Å². The number of amidine groups is 1. The van der Waals surface area contributed by atoms with Crippen molar-refractivity contribution in [2.75, 3.05) is 39.5 Å². The summed E-state index contributed by atoms with van der Waals surface area (Å²) in [5, 5.41) is 6.73. The van der Waals surface area contributed by atoms with Crippen molar-refractivity contribution in [1.82, 2.24) is 15.2 Å². The molecule has 0 bridgehead atoms. The molecule has 0 amide bonds. The zero-order valence-electron chi connectivity index (χ0n) is 16.8. The second-order valence-electron chi connectivity index (χ2n) is 6.91. The Bertz CT molecular complexity index is 1010. The summed E-state index contributed by atoms with van der Waals surface area (Å²) in [6.07, 6.45) is 2.68. The highest BCUT2D eigenvalue weighted by Crippen LogP contribution is 2.37. The van der Waals surface area contributed by atoms with Crippen LogP contribution in [0.4, 0.5) is 4.39 Å². The number of hydrogen-bond donors (Lipinski definition) is 1. The summed E-state index contributed by atoms with van der Waals surface area (Å²) in [6, 6.07) is 3.65. The molecule has 0 aliphatic carbocycles. The third-order valence-corrected chi connectivity index (χ3v) is 6.28. The van der Waals surface area contributed by atoms with E-state index in [4.69, 9.17) is 14.5 Å². The maximum absolute atomic E-state index is 13.8. The van der Waals surface area contributed by atoms with E-state index in [1.54, 1.807) is 13.0 Å². The van der Waals surface area contributed by atoms with Crippen molar-refractivity contribution in [1.29, 1.82) is 0 Å². The van der Waals surface area contributed by atoms with Gasteiger partial charge >= 0.3 is 5.97 Å². The molecule has 1 aromatic heterocycles. The summed E-state index contributed by atoms with van der Waals surface area (Å²) in [4.78, 5) is 24.2. The van der Waals surface area contributed by atoms with Crippen LogP contribution in [0.2, 0.25) is 0 Å². The van der Waals surface area contributed by atoms with Gasteiger partial charge in [-0.1, -0.05) is 33.3 Å². The smallest absolute Gasteiger partial charge is 0.338 e. The van der Waals surface area contributed by atoms with Gasteiger partial charge in [0.15, 0.2) is 10.8 Å². The number of aliphatic imine (C=N–C) groups is 1. The van der Waals surface area contributed by atoms with E-state index in [0.29, 0.717) is 51.9 Å². The number of hydrogen-bond acceptors (Lipinski definition) is 8. The topological polar surface area (TPSA) is 76.0 Å². The number of esters is 1. The molecule has 0 spiro atoms. The number of nitrogens with one attached hydrogen (secondary N) is 1. The monoisotopic (exact) mass is 506 g/mol. The number of aromatic nitrogens is 1. The fourth-order valence-corrected chi connectivity index (χ4v) is 4.53. The Morgan fingerprint density at radius 2 is 2.26 bits per heavy atom. The molecule has 4 rings (SSSR count). The van der Waals surface area contributed by atoms with Gasteiger partial charge in [0.25, 0.3) is 0 Å². The molecule has 1 unspecified atom stereocenters. The minimum absolute atomic E-state index is 0.234. The van der Waals surface area contributed by atoms with Crippen molar-refractivity contribution in [2.45, 2.75) is 13.0 Å². The van der Waals surface area contributed by atoms with Gasteiger partial charge in [0.05, 0.1) is 31.6 Å². The largest absolute Gasteiger partial charge is 0.463 e. The molecule has 2 aliphatic rings. The molecule has 7 nitrogen and oxygen atoms in total. The first-order valence-corrected chi connectivity index (χ1v) is 11.4. The zero-order chi connectivity index (χ0) is 21.8. The average molecular weight is 507 g/mol. The van der Waals surface area contributed by atoms with Crippen LogP contribution < -0.4 is 5.32 Å². The van der Waals surface area contributed by atoms with Gasteiger partial charge in [0, 0.05) is 35.2 Å². The van der Waals surface area contributed by atoms with Crippen LogP contribution in [-0.2, 0) is 14.3 Å². The van der Waals surface area contributed by atoms with E-state index in [9.17, 15) is 9.18 Å². The second-order valence-corrected chi connectivity index (χ2v) is 8.55. The maximum atomic E-state index is 13.8. The molecular formula is C21H20BrFN4O3S. The lowest BCUT2D eigenvalue weighted by Gasteiger charge is -2.32. The first-order chi connectivity index (χ1) is 15.1. The lowest BCUT2D eigenvalue weighted by molar-refractivity contribution is -0.139. The quantitative estimate of drug-likeness (QED) is 0.607. The van der Waals surface area contributed by atoms with Crippen molar-refractivity contribution in [2.24, 2.45) is 4.99 Å². The molecule has 162 valence electrons. The summed E-state index contributed by atoms with van der Waals surface area (Å²) in [5.74, 6) is -0.326.